The first kappa shape index (κ1) is 25.4. The molecule has 1 aliphatic rings. The summed E-state index contributed by atoms with van der Waals surface area (Å²) < 4.78 is 17.9. The van der Waals surface area contributed by atoms with Crippen LogP contribution in [0.15, 0.2) is 67.3 Å². The van der Waals surface area contributed by atoms with Crippen LogP contribution in [0.2, 0.25) is 0 Å². The molecule has 6 atom stereocenters. The summed E-state index contributed by atoms with van der Waals surface area (Å²) in [6, 6.07) is 17.7. The van der Waals surface area contributed by atoms with Gasteiger partial charge in [-0.1, -0.05) is 61.9 Å². The molecule has 0 saturated carbocycles. The lowest BCUT2D eigenvalue weighted by Gasteiger charge is -2.42. The van der Waals surface area contributed by atoms with Crippen molar-refractivity contribution in [1.29, 1.82) is 0 Å². The second-order valence-corrected chi connectivity index (χ2v) is 8.60. The minimum atomic E-state index is -1.27. The summed E-state index contributed by atoms with van der Waals surface area (Å²) in [4.78, 5) is 0. The van der Waals surface area contributed by atoms with E-state index in [1.54, 1.807) is 0 Å². The summed E-state index contributed by atoms with van der Waals surface area (Å²) in [6.07, 6.45) is 0.0771. The van der Waals surface area contributed by atoms with E-state index in [0.717, 1.165) is 31.2 Å². The van der Waals surface area contributed by atoms with Gasteiger partial charge in [-0.05, 0) is 48.4 Å². The summed E-state index contributed by atoms with van der Waals surface area (Å²) >= 11 is 0. The average Bonchev–Trinajstić information content (AvgIpc) is 2.83. The first-order valence-corrected chi connectivity index (χ1v) is 11.7. The SMILES string of the molecule is C=CCc1ccc(O[C@H]2O[C@H](CO)[C@@H](O)[C@H](O)[C@@H]2OC[C@@H](CCC)Cc2ccccc2)cc1. The number of aliphatic hydroxyl groups is 3. The smallest absolute Gasteiger partial charge is 0.229 e. The van der Waals surface area contributed by atoms with E-state index in [2.05, 4.69) is 25.6 Å². The Kier molecular flexibility index (Phi) is 9.91. The molecular weight excluding hydrogens is 420 g/mol. The Labute approximate surface area is 196 Å². The third-order valence-corrected chi connectivity index (χ3v) is 5.97. The highest BCUT2D eigenvalue weighted by molar-refractivity contribution is 5.28. The molecule has 1 heterocycles. The Balaban J connectivity index is 1.71. The number of hydrogen-bond donors (Lipinski definition) is 3. The van der Waals surface area contributed by atoms with Crippen molar-refractivity contribution in [2.45, 2.75) is 63.3 Å². The average molecular weight is 457 g/mol. The Hall–Kier alpha value is -2.22. The molecule has 2 aromatic carbocycles. The maximum absolute atomic E-state index is 10.8. The topological polar surface area (TPSA) is 88.4 Å². The van der Waals surface area contributed by atoms with Gasteiger partial charge in [0.1, 0.15) is 30.2 Å². The number of allylic oxidation sites excluding steroid dienone is 1. The molecule has 1 aliphatic heterocycles. The second kappa shape index (κ2) is 12.9. The quantitative estimate of drug-likeness (QED) is 0.425. The van der Waals surface area contributed by atoms with Gasteiger partial charge in [-0.25, -0.2) is 0 Å². The normalized spacial score (nSPS) is 26.0. The summed E-state index contributed by atoms with van der Waals surface area (Å²) in [5.74, 6) is 0.798. The molecule has 6 heteroatoms. The first-order chi connectivity index (χ1) is 16.0. The molecule has 0 aliphatic carbocycles. The van der Waals surface area contributed by atoms with Crippen molar-refractivity contribution in [2.24, 2.45) is 5.92 Å². The van der Waals surface area contributed by atoms with Gasteiger partial charge in [-0.3, -0.25) is 0 Å². The second-order valence-electron chi connectivity index (χ2n) is 8.60. The number of rotatable bonds is 12. The Morgan fingerprint density at radius 1 is 1.03 bits per heavy atom. The predicted molar refractivity (Wildman–Crippen MR) is 127 cm³/mol. The maximum Gasteiger partial charge on any atom is 0.229 e. The molecule has 0 amide bonds. The molecule has 0 spiro atoms. The molecule has 1 saturated heterocycles. The fourth-order valence-electron chi connectivity index (χ4n) is 4.18. The molecule has 180 valence electrons. The molecule has 0 radical (unpaired) electrons. The van der Waals surface area contributed by atoms with Gasteiger partial charge in [0.05, 0.1) is 13.2 Å². The fraction of sp³-hybridized carbons (Fsp3) is 0.481. The van der Waals surface area contributed by atoms with Crippen molar-refractivity contribution >= 4 is 0 Å². The van der Waals surface area contributed by atoms with E-state index >= 15 is 0 Å². The van der Waals surface area contributed by atoms with Gasteiger partial charge in [-0.2, -0.15) is 0 Å². The molecule has 33 heavy (non-hydrogen) atoms. The Morgan fingerprint density at radius 2 is 1.76 bits per heavy atom. The van der Waals surface area contributed by atoms with E-state index in [9.17, 15) is 15.3 Å². The van der Waals surface area contributed by atoms with Gasteiger partial charge < -0.3 is 29.5 Å². The van der Waals surface area contributed by atoms with Crippen LogP contribution in [0.5, 0.6) is 5.75 Å². The molecule has 2 aromatic rings. The highest BCUT2D eigenvalue weighted by Crippen LogP contribution is 2.28. The van der Waals surface area contributed by atoms with E-state index < -0.39 is 37.3 Å². The van der Waals surface area contributed by atoms with Gasteiger partial charge in [0.2, 0.25) is 6.29 Å². The lowest BCUT2D eigenvalue weighted by molar-refractivity contribution is -0.289. The Morgan fingerprint density at radius 3 is 2.39 bits per heavy atom. The molecule has 0 bridgehead atoms. The van der Waals surface area contributed by atoms with Crippen LogP contribution >= 0.6 is 0 Å². The van der Waals surface area contributed by atoms with Crippen LogP contribution in [0.3, 0.4) is 0 Å². The van der Waals surface area contributed by atoms with Crippen LogP contribution in [0.1, 0.15) is 30.9 Å². The van der Waals surface area contributed by atoms with Crippen molar-refractivity contribution in [2.75, 3.05) is 13.2 Å². The first-order valence-electron chi connectivity index (χ1n) is 11.7. The standard InChI is InChI=1S/C27H36O6/c1-3-8-19-12-14-22(15-13-19)32-27-26(25(30)24(29)23(17-28)33-27)31-18-21(9-4-2)16-20-10-6-5-7-11-20/h3,5-7,10-15,21,23-30H,1,4,8-9,16-18H2,2H3/t21-,23+,24+,25-,26-,27-/m0/s1. The van der Waals surface area contributed by atoms with E-state index in [-0.39, 0.29) is 5.92 Å². The van der Waals surface area contributed by atoms with Crippen LogP contribution in [-0.2, 0) is 22.3 Å². The molecule has 3 rings (SSSR count). The van der Waals surface area contributed by atoms with Crippen molar-refractivity contribution in [3.8, 4) is 5.75 Å². The number of ether oxygens (including phenoxy) is 3. The van der Waals surface area contributed by atoms with E-state index in [1.807, 2.05) is 48.5 Å². The third kappa shape index (κ3) is 7.13. The van der Waals surface area contributed by atoms with Crippen LogP contribution in [0.4, 0.5) is 0 Å². The van der Waals surface area contributed by atoms with Gasteiger partial charge in [0.25, 0.3) is 0 Å². The van der Waals surface area contributed by atoms with Gasteiger partial charge >= 0.3 is 0 Å². The molecule has 1 fully saturated rings. The van der Waals surface area contributed by atoms with Gasteiger partial charge in [0.15, 0.2) is 0 Å². The number of hydrogen-bond acceptors (Lipinski definition) is 6. The van der Waals surface area contributed by atoms with E-state index in [0.29, 0.717) is 12.4 Å². The minimum Gasteiger partial charge on any atom is -0.462 e. The summed E-state index contributed by atoms with van der Waals surface area (Å²) in [5, 5.41) is 30.8. The number of aliphatic hydroxyl groups excluding tert-OH is 3. The van der Waals surface area contributed by atoms with Crippen LogP contribution in [0, 0.1) is 5.92 Å². The lowest BCUT2D eigenvalue weighted by Crippen LogP contribution is -2.61. The van der Waals surface area contributed by atoms with Gasteiger partial charge in [0, 0.05) is 0 Å². The summed E-state index contributed by atoms with van der Waals surface area (Å²) in [6.45, 7) is 5.84. The monoisotopic (exact) mass is 456 g/mol. The largest absolute Gasteiger partial charge is 0.462 e. The van der Waals surface area contributed by atoms with Crippen molar-refractivity contribution in [3.63, 3.8) is 0 Å². The number of benzene rings is 2. The zero-order valence-electron chi connectivity index (χ0n) is 19.3. The summed E-state index contributed by atoms with van der Waals surface area (Å²) in [5.41, 5.74) is 2.33. The van der Waals surface area contributed by atoms with Crippen LogP contribution in [-0.4, -0.2) is 59.2 Å². The molecular formula is C27H36O6. The highest BCUT2D eigenvalue weighted by atomic mass is 16.7. The van der Waals surface area contributed by atoms with E-state index in [1.165, 1.54) is 5.56 Å². The van der Waals surface area contributed by atoms with Crippen molar-refractivity contribution in [3.05, 3.63) is 78.4 Å². The molecule has 6 nitrogen and oxygen atoms in total. The van der Waals surface area contributed by atoms with Gasteiger partial charge in [-0.15, -0.1) is 6.58 Å². The maximum atomic E-state index is 10.8. The fourth-order valence-corrected chi connectivity index (χ4v) is 4.18. The lowest BCUT2D eigenvalue weighted by atomic mass is 9.95. The third-order valence-electron chi connectivity index (χ3n) is 5.97. The van der Waals surface area contributed by atoms with Crippen LogP contribution in [0.25, 0.3) is 0 Å². The Bertz CT molecular complexity index is 824. The van der Waals surface area contributed by atoms with Crippen molar-refractivity contribution in [1.82, 2.24) is 0 Å². The van der Waals surface area contributed by atoms with Crippen LogP contribution < -0.4 is 4.74 Å². The van der Waals surface area contributed by atoms with Crippen molar-refractivity contribution < 1.29 is 29.5 Å². The molecule has 0 unspecified atom stereocenters. The minimum absolute atomic E-state index is 0.246. The highest BCUT2D eigenvalue weighted by Gasteiger charge is 2.46. The predicted octanol–water partition coefficient (Wildman–Crippen LogP) is 3.28. The molecule has 3 N–H and O–H groups in total. The zero-order valence-corrected chi connectivity index (χ0v) is 19.3. The zero-order chi connectivity index (χ0) is 23.6. The summed E-state index contributed by atoms with van der Waals surface area (Å²) in [7, 11) is 0. The molecule has 0 aromatic heterocycles. The van der Waals surface area contributed by atoms with E-state index in [4.69, 9.17) is 14.2 Å².